The molecule has 0 atom stereocenters. The fourth-order valence-corrected chi connectivity index (χ4v) is 1.25. The second-order valence-corrected chi connectivity index (χ2v) is 3.74. The van der Waals surface area contributed by atoms with Crippen molar-refractivity contribution in [2.24, 2.45) is 0 Å². The van der Waals surface area contributed by atoms with E-state index in [0.29, 0.717) is 12.8 Å². The molecule has 0 saturated heterocycles. The first kappa shape index (κ1) is 15.5. The molecule has 0 bridgehead atoms. The Hall–Kier alpha value is -1.50. The molecule has 0 spiro atoms. The van der Waals surface area contributed by atoms with E-state index in [0.717, 1.165) is 32.1 Å². The molecule has 0 radical (unpaired) electrons. The van der Waals surface area contributed by atoms with Gasteiger partial charge in [0.1, 0.15) is 0 Å². The van der Waals surface area contributed by atoms with Gasteiger partial charge in [-0.05, 0) is 25.7 Å². The lowest BCUT2D eigenvalue weighted by Crippen LogP contribution is -1.98. The van der Waals surface area contributed by atoms with Crippen LogP contribution in [0, 0.1) is 11.8 Å². The van der Waals surface area contributed by atoms with Gasteiger partial charge in [-0.3, -0.25) is 9.59 Å². The van der Waals surface area contributed by atoms with Crippen molar-refractivity contribution in [1.29, 1.82) is 0 Å². The van der Waals surface area contributed by atoms with Gasteiger partial charge in [0.05, 0.1) is 7.11 Å². The summed E-state index contributed by atoms with van der Waals surface area (Å²) in [7, 11) is 1.39. The van der Waals surface area contributed by atoms with E-state index >= 15 is 0 Å². The first-order chi connectivity index (χ1) is 8.16. The highest BCUT2D eigenvalue weighted by Crippen LogP contribution is 2.01. The number of carbonyl (C=O) groups excluding carboxylic acids is 1. The normalized spacial score (nSPS) is 9.24. The summed E-state index contributed by atoms with van der Waals surface area (Å²) in [4.78, 5) is 21.0. The second-order valence-electron chi connectivity index (χ2n) is 3.74. The maximum atomic E-state index is 10.8. The third-order valence-electron chi connectivity index (χ3n) is 2.23. The quantitative estimate of drug-likeness (QED) is 0.402. The predicted octanol–water partition coefficient (Wildman–Crippen LogP) is 2.37. The zero-order valence-corrected chi connectivity index (χ0v) is 10.3. The molecule has 0 saturated carbocycles. The maximum absolute atomic E-state index is 10.8. The minimum Gasteiger partial charge on any atom is -0.481 e. The Balaban J connectivity index is 3.26. The first-order valence-electron chi connectivity index (χ1n) is 5.91. The second kappa shape index (κ2) is 11.0. The molecule has 4 nitrogen and oxygen atoms in total. The van der Waals surface area contributed by atoms with Crippen LogP contribution in [0.4, 0.5) is 0 Å². The van der Waals surface area contributed by atoms with Crippen LogP contribution in [0.5, 0.6) is 0 Å². The lowest BCUT2D eigenvalue weighted by atomic mass is 10.1. The SMILES string of the molecule is COC(=O)CCCCC#CCCCCC(=O)O. The highest BCUT2D eigenvalue weighted by Gasteiger charge is 1.97. The van der Waals surface area contributed by atoms with Crippen molar-refractivity contribution >= 4 is 11.9 Å². The van der Waals surface area contributed by atoms with Crippen LogP contribution in [0.2, 0.25) is 0 Å². The molecule has 0 fully saturated rings. The van der Waals surface area contributed by atoms with Gasteiger partial charge < -0.3 is 9.84 Å². The molecule has 0 amide bonds. The molecule has 0 heterocycles. The van der Waals surface area contributed by atoms with E-state index in [-0.39, 0.29) is 12.4 Å². The van der Waals surface area contributed by atoms with E-state index in [4.69, 9.17) is 5.11 Å². The Kier molecular flexibility index (Phi) is 10.0. The Morgan fingerprint density at radius 1 is 1.00 bits per heavy atom. The molecule has 0 rings (SSSR count). The third kappa shape index (κ3) is 12.4. The molecular formula is C13H20O4. The van der Waals surface area contributed by atoms with Crippen LogP contribution in [-0.4, -0.2) is 24.2 Å². The van der Waals surface area contributed by atoms with Gasteiger partial charge in [0.25, 0.3) is 0 Å². The largest absolute Gasteiger partial charge is 0.481 e. The van der Waals surface area contributed by atoms with Crippen LogP contribution in [0.15, 0.2) is 0 Å². The molecule has 0 aromatic heterocycles. The van der Waals surface area contributed by atoms with E-state index in [1.165, 1.54) is 7.11 Å². The molecular weight excluding hydrogens is 220 g/mol. The fraction of sp³-hybridized carbons (Fsp3) is 0.692. The summed E-state index contributed by atoms with van der Waals surface area (Å²) < 4.78 is 4.52. The fourth-order valence-electron chi connectivity index (χ4n) is 1.25. The molecule has 0 aromatic rings. The van der Waals surface area contributed by atoms with Crippen LogP contribution in [0.3, 0.4) is 0 Å². The van der Waals surface area contributed by atoms with Gasteiger partial charge in [0.15, 0.2) is 0 Å². The van der Waals surface area contributed by atoms with E-state index in [1.54, 1.807) is 0 Å². The van der Waals surface area contributed by atoms with Crippen molar-refractivity contribution in [3.8, 4) is 11.8 Å². The molecule has 0 aliphatic carbocycles. The lowest BCUT2D eigenvalue weighted by molar-refractivity contribution is -0.140. The van der Waals surface area contributed by atoms with Gasteiger partial charge >= 0.3 is 11.9 Å². The van der Waals surface area contributed by atoms with Crippen LogP contribution in [-0.2, 0) is 14.3 Å². The maximum Gasteiger partial charge on any atom is 0.305 e. The smallest absolute Gasteiger partial charge is 0.305 e. The summed E-state index contributed by atoms with van der Waals surface area (Å²) in [6.45, 7) is 0. The van der Waals surface area contributed by atoms with Crippen LogP contribution >= 0.6 is 0 Å². The van der Waals surface area contributed by atoms with Crippen LogP contribution in [0.1, 0.15) is 51.4 Å². The number of esters is 1. The van der Waals surface area contributed by atoms with E-state index in [1.807, 2.05) is 0 Å². The number of hydrogen-bond donors (Lipinski definition) is 1. The molecule has 0 aromatic carbocycles. The van der Waals surface area contributed by atoms with Crippen molar-refractivity contribution < 1.29 is 19.4 Å². The Labute approximate surface area is 102 Å². The zero-order valence-electron chi connectivity index (χ0n) is 10.3. The molecule has 17 heavy (non-hydrogen) atoms. The van der Waals surface area contributed by atoms with Crippen molar-refractivity contribution in [1.82, 2.24) is 0 Å². The summed E-state index contributed by atoms with van der Waals surface area (Å²) in [6, 6.07) is 0. The molecule has 0 aliphatic heterocycles. The summed E-state index contributed by atoms with van der Waals surface area (Å²) in [6.07, 6.45) is 5.45. The van der Waals surface area contributed by atoms with Crippen LogP contribution < -0.4 is 0 Å². The molecule has 0 aliphatic rings. The van der Waals surface area contributed by atoms with Gasteiger partial charge in [-0.15, -0.1) is 11.8 Å². The molecule has 0 unspecified atom stereocenters. The van der Waals surface area contributed by atoms with Crippen molar-refractivity contribution in [2.75, 3.05) is 7.11 Å². The Morgan fingerprint density at radius 3 is 2.00 bits per heavy atom. The summed E-state index contributed by atoms with van der Waals surface area (Å²) >= 11 is 0. The number of carboxylic acid groups (broad SMARTS) is 1. The molecule has 4 heteroatoms. The first-order valence-corrected chi connectivity index (χ1v) is 5.91. The van der Waals surface area contributed by atoms with E-state index in [9.17, 15) is 9.59 Å². The number of hydrogen-bond acceptors (Lipinski definition) is 3. The third-order valence-corrected chi connectivity index (χ3v) is 2.23. The topological polar surface area (TPSA) is 63.6 Å². The van der Waals surface area contributed by atoms with Gasteiger partial charge in [0, 0.05) is 25.7 Å². The minimum absolute atomic E-state index is 0.174. The van der Waals surface area contributed by atoms with Gasteiger partial charge in [0.2, 0.25) is 0 Å². The number of methoxy groups -OCH3 is 1. The number of unbranched alkanes of at least 4 members (excludes halogenated alkanes) is 4. The summed E-state index contributed by atoms with van der Waals surface area (Å²) in [5.41, 5.74) is 0. The average Bonchev–Trinajstić information content (AvgIpc) is 2.30. The van der Waals surface area contributed by atoms with E-state index < -0.39 is 5.97 Å². The number of ether oxygens (including phenoxy) is 1. The van der Waals surface area contributed by atoms with Gasteiger partial charge in [-0.1, -0.05) is 0 Å². The molecule has 96 valence electrons. The van der Waals surface area contributed by atoms with Crippen molar-refractivity contribution in [3.05, 3.63) is 0 Å². The minimum atomic E-state index is -0.749. The number of carbonyl (C=O) groups is 2. The highest BCUT2D eigenvalue weighted by atomic mass is 16.5. The van der Waals surface area contributed by atoms with Crippen molar-refractivity contribution in [3.63, 3.8) is 0 Å². The van der Waals surface area contributed by atoms with Crippen molar-refractivity contribution in [2.45, 2.75) is 51.4 Å². The van der Waals surface area contributed by atoms with Gasteiger partial charge in [-0.2, -0.15) is 0 Å². The Morgan fingerprint density at radius 2 is 1.53 bits per heavy atom. The Bertz CT molecular complexity index is 286. The number of rotatable bonds is 8. The standard InChI is InChI=1S/C13H20O4/c1-17-13(16)11-9-7-5-3-2-4-6-8-10-12(14)15/h4-11H2,1H3,(H,14,15). The van der Waals surface area contributed by atoms with E-state index in [2.05, 4.69) is 16.6 Å². The highest BCUT2D eigenvalue weighted by molar-refractivity contribution is 5.69. The summed E-state index contributed by atoms with van der Waals surface area (Å²) in [5, 5.41) is 8.40. The summed E-state index contributed by atoms with van der Waals surface area (Å²) in [5.74, 6) is 5.09. The average molecular weight is 240 g/mol. The number of carboxylic acids is 1. The van der Waals surface area contributed by atoms with Crippen LogP contribution in [0.25, 0.3) is 0 Å². The monoisotopic (exact) mass is 240 g/mol. The molecule has 1 N–H and O–H groups in total. The van der Waals surface area contributed by atoms with Gasteiger partial charge in [-0.25, -0.2) is 0 Å². The lowest BCUT2D eigenvalue weighted by Gasteiger charge is -1.96. The zero-order chi connectivity index (χ0) is 12.9. The predicted molar refractivity (Wildman–Crippen MR) is 64.4 cm³/mol. The number of aliphatic carboxylic acids is 1.